The van der Waals surface area contributed by atoms with E-state index in [0.29, 0.717) is 12.1 Å². The van der Waals surface area contributed by atoms with E-state index in [2.05, 4.69) is 10.2 Å². The molecule has 2 bridgehead atoms. The highest BCUT2D eigenvalue weighted by atomic mass is 35.5. The van der Waals surface area contributed by atoms with Crippen molar-refractivity contribution in [3.63, 3.8) is 0 Å². The quantitative estimate of drug-likeness (QED) is 0.788. The Morgan fingerprint density at radius 3 is 2.18 bits per heavy atom. The number of aliphatic hydroxyl groups is 1. The zero-order valence-electron chi connectivity index (χ0n) is 10.5. The highest BCUT2D eigenvalue weighted by Gasteiger charge is 2.40. The van der Waals surface area contributed by atoms with Gasteiger partial charge in [0.2, 0.25) is 0 Å². The van der Waals surface area contributed by atoms with E-state index in [1.165, 1.54) is 45.3 Å². The predicted octanol–water partition coefficient (Wildman–Crippen LogP) is 1.40. The van der Waals surface area contributed by atoms with Crippen molar-refractivity contribution in [2.24, 2.45) is 5.92 Å². The number of halogens is 1. The molecule has 3 fully saturated rings. The van der Waals surface area contributed by atoms with Crippen LogP contribution < -0.4 is 5.32 Å². The highest BCUT2D eigenvalue weighted by molar-refractivity contribution is 5.85. The van der Waals surface area contributed by atoms with Crippen LogP contribution in [0, 0.1) is 5.92 Å². The Hall–Kier alpha value is 0.170. The summed E-state index contributed by atoms with van der Waals surface area (Å²) in [7, 11) is 0. The molecule has 3 rings (SSSR count). The van der Waals surface area contributed by atoms with Crippen molar-refractivity contribution in [1.82, 2.24) is 10.2 Å². The average molecular weight is 261 g/mol. The maximum Gasteiger partial charge on any atom is 0.0570 e. The average Bonchev–Trinajstić information content (AvgIpc) is 2.54. The molecular weight excluding hydrogens is 236 g/mol. The molecule has 0 radical (unpaired) electrons. The van der Waals surface area contributed by atoms with Gasteiger partial charge in [-0.15, -0.1) is 12.4 Å². The van der Waals surface area contributed by atoms with Crippen LogP contribution in [-0.2, 0) is 0 Å². The summed E-state index contributed by atoms with van der Waals surface area (Å²) in [4.78, 5) is 2.72. The molecule has 0 saturated carbocycles. The summed E-state index contributed by atoms with van der Waals surface area (Å²) in [5.41, 5.74) is 0. The summed E-state index contributed by atoms with van der Waals surface area (Å²) >= 11 is 0. The van der Waals surface area contributed by atoms with Crippen molar-refractivity contribution in [1.29, 1.82) is 0 Å². The first-order chi connectivity index (χ1) is 7.83. The summed E-state index contributed by atoms with van der Waals surface area (Å²) in [6, 6.07) is 1.40. The van der Waals surface area contributed by atoms with Crippen molar-refractivity contribution in [2.45, 2.75) is 56.7 Å². The Morgan fingerprint density at radius 2 is 1.59 bits per heavy atom. The van der Waals surface area contributed by atoms with Gasteiger partial charge >= 0.3 is 0 Å². The van der Waals surface area contributed by atoms with Crippen LogP contribution in [0.1, 0.15) is 38.5 Å². The Bertz CT molecular complexity index is 232. The van der Waals surface area contributed by atoms with Gasteiger partial charge in [0.05, 0.1) is 6.10 Å². The molecule has 3 heterocycles. The molecule has 100 valence electrons. The molecular formula is C13H25ClN2O. The number of hydrogen-bond donors (Lipinski definition) is 2. The molecule has 4 heteroatoms. The molecule has 2 atom stereocenters. The van der Waals surface area contributed by atoms with Gasteiger partial charge in [-0.2, -0.15) is 0 Å². The lowest BCUT2D eigenvalue weighted by molar-refractivity contribution is 0.0242. The van der Waals surface area contributed by atoms with E-state index >= 15 is 0 Å². The predicted molar refractivity (Wildman–Crippen MR) is 71.6 cm³/mol. The molecule has 17 heavy (non-hydrogen) atoms. The zero-order valence-corrected chi connectivity index (χ0v) is 11.3. The van der Waals surface area contributed by atoms with Gasteiger partial charge in [0.1, 0.15) is 0 Å². The van der Waals surface area contributed by atoms with Gasteiger partial charge in [-0.25, -0.2) is 0 Å². The standard InChI is InChI=1S/C13H24N2O.ClH/c16-13-7-11-1-2-12(8-13)15(11)9-10-3-5-14-6-4-10;/h10-14,16H,1-9H2;1H. The molecule has 0 aliphatic carbocycles. The number of aliphatic hydroxyl groups excluding tert-OH is 1. The molecule has 0 amide bonds. The minimum atomic E-state index is -0.0122. The van der Waals surface area contributed by atoms with Gasteiger partial charge in [0.25, 0.3) is 0 Å². The molecule has 3 nitrogen and oxygen atoms in total. The van der Waals surface area contributed by atoms with E-state index in [-0.39, 0.29) is 18.5 Å². The number of fused-ring (bicyclic) bond motifs is 2. The van der Waals surface area contributed by atoms with Crippen LogP contribution in [0.5, 0.6) is 0 Å². The van der Waals surface area contributed by atoms with Crippen LogP contribution in [0.25, 0.3) is 0 Å². The van der Waals surface area contributed by atoms with Crippen LogP contribution in [0.3, 0.4) is 0 Å². The van der Waals surface area contributed by atoms with Crippen molar-refractivity contribution in [3.8, 4) is 0 Å². The topological polar surface area (TPSA) is 35.5 Å². The lowest BCUT2D eigenvalue weighted by Gasteiger charge is -2.40. The third-order valence-corrected chi connectivity index (χ3v) is 4.79. The number of nitrogens with zero attached hydrogens (tertiary/aromatic N) is 1. The Morgan fingerprint density at radius 1 is 1.00 bits per heavy atom. The first kappa shape index (κ1) is 13.6. The highest BCUT2D eigenvalue weighted by Crippen LogP contribution is 2.36. The second-order valence-electron chi connectivity index (χ2n) is 5.90. The fourth-order valence-corrected chi connectivity index (χ4v) is 3.91. The minimum absolute atomic E-state index is 0. The lowest BCUT2D eigenvalue weighted by atomic mass is 9.93. The minimum Gasteiger partial charge on any atom is -0.393 e. The van der Waals surface area contributed by atoms with E-state index in [9.17, 15) is 5.11 Å². The molecule has 0 aromatic heterocycles. The van der Waals surface area contributed by atoms with Crippen molar-refractivity contribution >= 4 is 12.4 Å². The maximum atomic E-state index is 9.78. The summed E-state index contributed by atoms with van der Waals surface area (Å²) in [5.74, 6) is 0.902. The fraction of sp³-hybridized carbons (Fsp3) is 1.00. The number of nitrogens with one attached hydrogen (secondary N) is 1. The van der Waals surface area contributed by atoms with Gasteiger partial charge in [-0.05, 0) is 57.5 Å². The van der Waals surface area contributed by atoms with Crippen LogP contribution in [-0.4, -0.2) is 47.8 Å². The maximum absolute atomic E-state index is 9.78. The fourth-order valence-electron chi connectivity index (χ4n) is 3.91. The van der Waals surface area contributed by atoms with E-state index in [1.54, 1.807) is 0 Å². The molecule has 0 aromatic rings. The van der Waals surface area contributed by atoms with Crippen molar-refractivity contribution in [3.05, 3.63) is 0 Å². The summed E-state index contributed by atoms with van der Waals surface area (Å²) in [5, 5.41) is 13.2. The largest absolute Gasteiger partial charge is 0.393 e. The SMILES string of the molecule is Cl.OC1CC2CCC(C1)N2CC1CCNCC1. The van der Waals surface area contributed by atoms with Crippen LogP contribution in [0.2, 0.25) is 0 Å². The first-order valence-corrected chi connectivity index (χ1v) is 6.97. The van der Waals surface area contributed by atoms with E-state index < -0.39 is 0 Å². The summed E-state index contributed by atoms with van der Waals surface area (Å²) < 4.78 is 0. The molecule has 3 aliphatic rings. The zero-order chi connectivity index (χ0) is 11.0. The second-order valence-corrected chi connectivity index (χ2v) is 5.90. The second kappa shape index (κ2) is 5.87. The molecule has 0 aromatic carbocycles. The number of hydrogen-bond acceptors (Lipinski definition) is 3. The number of rotatable bonds is 2. The lowest BCUT2D eigenvalue weighted by Crippen LogP contribution is -2.47. The normalized spacial score (nSPS) is 39.0. The van der Waals surface area contributed by atoms with Crippen LogP contribution >= 0.6 is 12.4 Å². The van der Waals surface area contributed by atoms with E-state index in [4.69, 9.17) is 0 Å². The van der Waals surface area contributed by atoms with Crippen molar-refractivity contribution in [2.75, 3.05) is 19.6 Å². The van der Waals surface area contributed by atoms with Gasteiger partial charge in [0, 0.05) is 18.6 Å². The van der Waals surface area contributed by atoms with Gasteiger partial charge in [-0.1, -0.05) is 0 Å². The Balaban J connectivity index is 0.00000108. The van der Waals surface area contributed by atoms with E-state index in [1.807, 2.05) is 0 Å². The smallest absolute Gasteiger partial charge is 0.0570 e. The summed E-state index contributed by atoms with van der Waals surface area (Å²) in [6.45, 7) is 3.71. The molecule has 2 unspecified atom stereocenters. The monoisotopic (exact) mass is 260 g/mol. The molecule has 3 saturated heterocycles. The van der Waals surface area contributed by atoms with E-state index in [0.717, 1.165) is 18.8 Å². The van der Waals surface area contributed by atoms with Crippen LogP contribution in [0.4, 0.5) is 0 Å². The summed E-state index contributed by atoms with van der Waals surface area (Å²) in [6.07, 6.45) is 7.39. The molecule has 3 aliphatic heterocycles. The van der Waals surface area contributed by atoms with Crippen molar-refractivity contribution < 1.29 is 5.11 Å². The van der Waals surface area contributed by atoms with Crippen LogP contribution in [0.15, 0.2) is 0 Å². The Kier molecular flexibility index (Phi) is 4.70. The first-order valence-electron chi connectivity index (χ1n) is 6.97. The molecule has 2 N–H and O–H groups in total. The van der Waals surface area contributed by atoms with Gasteiger partial charge in [-0.3, -0.25) is 4.90 Å². The Labute approximate surface area is 110 Å². The van der Waals surface area contributed by atoms with Gasteiger partial charge < -0.3 is 10.4 Å². The third kappa shape index (κ3) is 2.95. The third-order valence-electron chi connectivity index (χ3n) is 4.79. The number of piperidine rings is 2. The molecule has 0 spiro atoms. The van der Waals surface area contributed by atoms with Gasteiger partial charge in [0.15, 0.2) is 0 Å².